The molecule has 252 valence electrons. The van der Waals surface area contributed by atoms with Crippen molar-refractivity contribution in [2.24, 2.45) is 0 Å². The SMILES string of the molecule is CC1(C)c2ccccc2-c2ccc(N(c3cccc(-c4ccccc4)c3)c3ccc4c(c3)Oc3ccc(-c5ccccc5)cc3-c3ccccc3-4)cc21. The van der Waals surface area contributed by atoms with E-state index in [1.807, 2.05) is 0 Å². The molecule has 10 rings (SSSR count). The highest BCUT2D eigenvalue weighted by molar-refractivity contribution is 5.94. The molecule has 8 aromatic carbocycles. The lowest BCUT2D eigenvalue weighted by Gasteiger charge is -2.29. The van der Waals surface area contributed by atoms with Gasteiger partial charge in [0, 0.05) is 39.7 Å². The van der Waals surface area contributed by atoms with E-state index in [0.29, 0.717) is 0 Å². The fraction of sp³-hybridized carbons (Fsp3) is 0.0588. The van der Waals surface area contributed by atoms with E-state index in [1.54, 1.807) is 0 Å². The highest BCUT2D eigenvalue weighted by Gasteiger charge is 2.36. The van der Waals surface area contributed by atoms with Crippen molar-refractivity contribution in [3.8, 4) is 67.1 Å². The minimum absolute atomic E-state index is 0.123. The molecule has 53 heavy (non-hydrogen) atoms. The first-order valence-corrected chi connectivity index (χ1v) is 18.3. The maximum atomic E-state index is 6.95. The van der Waals surface area contributed by atoms with E-state index < -0.39 is 0 Å². The number of hydrogen-bond acceptors (Lipinski definition) is 2. The molecule has 0 amide bonds. The summed E-state index contributed by atoms with van der Waals surface area (Å²) >= 11 is 0. The van der Waals surface area contributed by atoms with Gasteiger partial charge in [-0.2, -0.15) is 0 Å². The monoisotopic (exact) mass is 679 g/mol. The second-order valence-electron chi connectivity index (χ2n) is 14.6. The quantitative estimate of drug-likeness (QED) is 0.180. The molecule has 1 aliphatic heterocycles. The van der Waals surface area contributed by atoms with Gasteiger partial charge in [0.25, 0.3) is 0 Å². The Kier molecular flexibility index (Phi) is 7.19. The minimum Gasteiger partial charge on any atom is -0.456 e. The Balaban J connectivity index is 1.15. The first kappa shape index (κ1) is 31.1. The second kappa shape index (κ2) is 12.3. The summed E-state index contributed by atoms with van der Waals surface area (Å²) in [6, 6.07) is 67.7. The third-order valence-corrected chi connectivity index (χ3v) is 11.1. The smallest absolute Gasteiger partial charge is 0.137 e. The number of rotatable bonds is 5. The first-order valence-electron chi connectivity index (χ1n) is 18.3. The first-order chi connectivity index (χ1) is 26.0. The molecule has 0 radical (unpaired) electrons. The molecule has 8 aromatic rings. The van der Waals surface area contributed by atoms with Crippen molar-refractivity contribution in [2.45, 2.75) is 19.3 Å². The van der Waals surface area contributed by atoms with Gasteiger partial charge < -0.3 is 9.64 Å². The average Bonchev–Trinajstić information content (AvgIpc) is 3.34. The van der Waals surface area contributed by atoms with Crippen LogP contribution in [0.4, 0.5) is 17.1 Å². The van der Waals surface area contributed by atoms with Crippen LogP contribution in [0.5, 0.6) is 11.5 Å². The molecule has 0 saturated heterocycles. The maximum Gasteiger partial charge on any atom is 0.137 e. The zero-order chi connectivity index (χ0) is 35.5. The van der Waals surface area contributed by atoms with E-state index in [0.717, 1.165) is 45.3 Å². The molecule has 2 aliphatic rings. The van der Waals surface area contributed by atoms with Crippen LogP contribution >= 0.6 is 0 Å². The molecule has 1 aliphatic carbocycles. The fourth-order valence-corrected chi connectivity index (χ4v) is 8.40. The minimum atomic E-state index is -0.123. The van der Waals surface area contributed by atoms with E-state index in [9.17, 15) is 0 Å². The molecular weight excluding hydrogens is 643 g/mol. The summed E-state index contributed by atoms with van der Waals surface area (Å²) in [5, 5.41) is 0. The van der Waals surface area contributed by atoms with E-state index in [1.165, 1.54) is 50.1 Å². The summed E-state index contributed by atoms with van der Waals surface area (Å²) in [6.07, 6.45) is 0. The molecule has 0 atom stereocenters. The number of hydrogen-bond donors (Lipinski definition) is 0. The van der Waals surface area contributed by atoms with Gasteiger partial charge in [0.05, 0.1) is 0 Å². The average molecular weight is 680 g/mol. The van der Waals surface area contributed by atoms with Crippen LogP contribution in [0.15, 0.2) is 188 Å². The largest absolute Gasteiger partial charge is 0.456 e. The Labute approximate surface area is 311 Å². The van der Waals surface area contributed by atoms with Crippen LogP contribution in [0.1, 0.15) is 25.0 Å². The van der Waals surface area contributed by atoms with Crippen LogP contribution < -0.4 is 9.64 Å². The topological polar surface area (TPSA) is 12.5 Å². The summed E-state index contributed by atoms with van der Waals surface area (Å²) < 4.78 is 6.95. The van der Waals surface area contributed by atoms with Gasteiger partial charge >= 0.3 is 0 Å². The number of anilines is 3. The van der Waals surface area contributed by atoms with Gasteiger partial charge in [-0.05, 0) is 104 Å². The molecule has 0 N–H and O–H groups in total. The molecule has 1 heterocycles. The Morgan fingerprint density at radius 3 is 1.62 bits per heavy atom. The van der Waals surface area contributed by atoms with Crippen molar-refractivity contribution < 1.29 is 4.74 Å². The van der Waals surface area contributed by atoms with Gasteiger partial charge in [0.2, 0.25) is 0 Å². The highest BCUT2D eigenvalue weighted by Crippen LogP contribution is 2.52. The lowest BCUT2D eigenvalue weighted by Crippen LogP contribution is -2.16. The van der Waals surface area contributed by atoms with Gasteiger partial charge in [0.15, 0.2) is 0 Å². The summed E-state index contributed by atoms with van der Waals surface area (Å²) in [6.45, 7) is 4.69. The van der Waals surface area contributed by atoms with E-state index in [-0.39, 0.29) is 5.41 Å². The van der Waals surface area contributed by atoms with E-state index in [2.05, 4.69) is 207 Å². The van der Waals surface area contributed by atoms with Crippen molar-refractivity contribution in [3.63, 3.8) is 0 Å². The molecule has 0 aromatic heterocycles. The Morgan fingerprint density at radius 2 is 0.887 bits per heavy atom. The van der Waals surface area contributed by atoms with E-state index >= 15 is 0 Å². The number of fused-ring (bicyclic) bond motifs is 8. The van der Waals surface area contributed by atoms with Crippen molar-refractivity contribution in [1.82, 2.24) is 0 Å². The summed E-state index contributed by atoms with van der Waals surface area (Å²) in [5.41, 5.74) is 17.6. The summed E-state index contributed by atoms with van der Waals surface area (Å²) in [7, 11) is 0. The van der Waals surface area contributed by atoms with Crippen LogP contribution in [0, 0.1) is 0 Å². The van der Waals surface area contributed by atoms with Gasteiger partial charge in [-0.15, -0.1) is 0 Å². The molecule has 0 bridgehead atoms. The Hall–Kier alpha value is -6.64. The van der Waals surface area contributed by atoms with Gasteiger partial charge in [-0.25, -0.2) is 0 Å². The molecule has 0 unspecified atom stereocenters. The number of benzene rings is 8. The lowest BCUT2D eigenvalue weighted by atomic mass is 9.82. The molecule has 2 nitrogen and oxygen atoms in total. The van der Waals surface area contributed by atoms with Crippen molar-refractivity contribution in [1.29, 1.82) is 0 Å². The summed E-state index contributed by atoms with van der Waals surface area (Å²) in [5.74, 6) is 1.68. The molecular formula is C51H37NO. The predicted octanol–water partition coefficient (Wildman–Crippen LogP) is 14.2. The summed E-state index contributed by atoms with van der Waals surface area (Å²) in [4.78, 5) is 2.38. The number of nitrogens with zero attached hydrogens (tertiary/aromatic N) is 1. The van der Waals surface area contributed by atoms with Crippen LogP contribution in [-0.2, 0) is 5.41 Å². The van der Waals surface area contributed by atoms with Gasteiger partial charge in [-0.3, -0.25) is 0 Å². The fourth-order valence-electron chi connectivity index (χ4n) is 8.40. The zero-order valence-electron chi connectivity index (χ0n) is 29.8. The molecule has 0 fully saturated rings. The predicted molar refractivity (Wildman–Crippen MR) is 221 cm³/mol. The van der Waals surface area contributed by atoms with Gasteiger partial charge in [0.1, 0.15) is 11.5 Å². The Bertz CT molecular complexity index is 2670. The Morgan fingerprint density at radius 1 is 0.340 bits per heavy atom. The normalized spacial score (nSPS) is 13.0. The molecule has 0 saturated carbocycles. The maximum absolute atomic E-state index is 6.95. The van der Waals surface area contributed by atoms with Crippen LogP contribution in [-0.4, -0.2) is 0 Å². The van der Waals surface area contributed by atoms with Crippen molar-refractivity contribution in [3.05, 3.63) is 199 Å². The lowest BCUT2D eigenvalue weighted by molar-refractivity contribution is 0.488. The third-order valence-electron chi connectivity index (χ3n) is 11.1. The number of ether oxygens (including phenoxy) is 1. The van der Waals surface area contributed by atoms with Crippen LogP contribution in [0.2, 0.25) is 0 Å². The zero-order valence-corrected chi connectivity index (χ0v) is 29.8. The third kappa shape index (κ3) is 5.18. The second-order valence-corrected chi connectivity index (χ2v) is 14.6. The van der Waals surface area contributed by atoms with Crippen molar-refractivity contribution >= 4 is 17.1 Å². The van der Waals surface area contributed by atoms with Crippen molar-refractivity contribution in [2.75, 3.05) is 4.90 Å². The van der Waals surface area contributed by atoms with Crippen LogP contribution in [0.25, 0.3) is 55.6 Å². The highest BCUT2D eigenvalue weighted by atomic mass is 16.5. The molecule has 2 heteroatoms. The molecule has 0 spiro atoms. The standard InChI is InChI=1S/C51H37NO/c1-51(2)47-23-12-11-22-43(47)44-27-25-39(32-48(44)51)52(38-19-13-18-36(30-38)34-14-5-3-6-15-34)40-26-28-45-41-20-9-10-21-42(41)46-31-37(35-16-7-4-8-17-35)24-29-49(46)53-50(45)33-40/h3-33H,1-2H3. The van der Waals surface area contributed by atoms with Gasteiger partial charge in [-0.1, -0.05) is 147 Å². The van der Waals surface area contributed by atoms with Crippen LogP contribution in [0.3, 0.4) is 0 Å². The van der Waals surface area contributed by atoms with E-state index in [4.69, 9.17) is 4.74 Å².